The molecule has 1 aromatic carbocycles. The molecule has 0 bridgehead atoms. The van der Waals surface area contributed by atoms with Gasteiger partial charge < -0.3 is 10.1 Å². The van der Waals surface area contributed by atoms with Gasteiger partial charge in [-0.05, 0) is 30.5 Å². The van der Waals surface area contributed by atoms with Crippen LogP contribution in [0.1, 0.15) is 25.0 Å². The highest BCUT2D eigenvalue weighted by atomic mass is 16.5. The summed E-state index contributed by atoms with van der Waals surface area (Å²) in [6.45, 7) is 3.77. The highest BCUT2D eigenvalue weighted by molar-refractivity contribution is 6.16. The lowest BCUT2D eigenvalue weighted by atomic mass is 10.0. The Bertz CT molecular complexity index is 609. The summed E-state index contributed by atoms with van der Waals surface area (Å²) in [6.07, 6.45) is 2.67. The zero-order chi connectivity index (χ0) is 14.7. The zero-order valence-electron chi connectivity index (χ0n) is 11.8. The van der Waals surface area contributed by atoms with Crippen molar-refractivity contribution in [2.75, 3.05) is 7.11 Å². The molecule has 1 aliphatic heterocycles. The summed E-state index contributed by atoms with van der Waals surface area (Å²) in [7, 11) is 1.30. The lowest BCUT2D eigenvalue weighted by molar-refractivity contribution is -0.136. The van der Waals surface area contributed by atoms with E-state index in [0.717, 1.165) is 12.0 Å². The maximum atomic E-state index is 11.9. The molecule has 0 atom stereocenters. The molecule has 4 nitrogen and oxygen atoms in total. The van der Waals surface area contributed by atoms with Crippen molar-refractivity contribution in [1.82, 2.24) is 5.32 Å². The van der Waals surface area contributed by atoms with E-state index in [2.05, 4.69) is 12.2 Å². The van der Waals surface area contributed by atoms with Crippen molar-refractivity contribution in [2.45, 2.75) is 20.3 Å². The minimum Gasteiger partial charge on any atom is -0.465 e. The van der Waals surface area contributed by atoms with Gasteiger partial charge in [0.25, 0.3) is 5.91 Å². The van der Waals surface area contributed by atoms with Crippen molar-refractivity contribution in [3.63, 3.8) is 0 Å². The van der Waals surface area contributed by atoms with Crippen molar-refractivity contribution in [3.8, 4) is 0 Å². The Hall–Kier alpha value is -2.36. The molecular weight excluding hydrogens is 254 g/mol. The molecule has 2 rings (SSSR count). The Balaban J connectivity index is 2.40. The van der Waals surface area contributed by atoms with Gasteiger partial charge in [-0.2, -0.15) is 0 Å². The maximum Gasteiger partial charge on any atom is 0.340 e. The van der Waals surface area contributed by atoms with Gasteiger partial charge in [-0.15, -0.1) is 0 Å². The fraction of sp³-hybridized carbons (Fsp3) is 0.250. The third-order valence-corrected chi connectivity index (χ3v) is 3.28. The molecule has 1 N–H and O–H groups in total. The van der Waals surface area contributed by atoms with E-state index in [4.69, 9.17) is 4.74 Å². The Labute approximate surface area is 118 Å². The van der Waals surface area contributed by atoms with Gasteiger partial charge in [0.15, 0.2) is 0 Å². The van der Waals surface area contributed by atoms with Gasteiger partial charge in [-0.3, -0.25) is 4.79 Å². The predicted octanol–water partition coefficient (Wildman–Crippen LogP) is 2.21. The number of allylic oxidation sites excluding steroid dienone is 1. The van der Waals surface area contributed by atoms with Gasteiger partial charge in [-0.25, -0.2) is 4.79 Å². The number of carbonyl (C=O) groups excluding carboxylic acids is 2. The first-order valence-electron chi connectivity index (χ1n) is 6.48. The van der Waals surface area contributed by atoms with Crippen LogP contribution < -0.4 is 5.32 Å². The van der Waals surface area contributed by atoms with E-state index in [-0.39, 0.29) is 5.91 Å². The van der Waals surface area contributed by atoms with Crippen LogP contribution in [0.3, 0.4) is 0 Å². The SMILES string of the molecule is CCc1ccc(/C=C2\C(=O)NC(C)=C2C(=O)OC)cc1. The minimum absolute atomic E-state index is 0.275. The van der Waals surface area contributed by atoms with Crippen LogP contribution in [0.4, 0.5) is 0 Å². The molecule has 104 valence electrons. The van der Waals surface area contributed by atoms with E-state index in [1.807, 2.05) is 24.3 Å². The summed E-state index contributed by atoms with van der Waals surface area (Å²) in [6, 6.07) is 7.88. The number of aryl methyl sites for hydroxylation is 1. The average Bonchev–Trinajstić information content (AvgIpc) is 2.73. The average molecular weight is 271 g/mol. The molecule has 1 amide bonds. The van der Waals surface area contributed by atoms with Gasteiger partial charge >= 0.3 is 5.97 Å². The third-order valence-electron chi connectivity index (χ3n) is 3.28. The van der Waals surface area contributed by atoms with Gasteiger partial charge in [0.05, 0.1) is 18.3 Å². The van der Waals surface area contributed by atoms with Crippen LogP contribution in [-0.4, -0.2) is 19.0 Å². The van der Waals surface area contributed by atoms with Crippen LogP contribution in [0.15, 0.2) is 41.1 Å². The fourth-order valence-corrected chi connectivity index (χ4v) is 2.13. The van der Waals surface area contributed by atoms with E-state index >= 15 is 0 Å². The summed E-state index contributed by atoms with van der Waals surface area (Å²) >= 11 is 0. The first kappa shape index (κ1) is 14.1. The number of nitrogens with one attached hydrogen (secondary N) is 1. The van der Waals surface area contributed by atoms with Gasteiger partial charge in [0.1, 0.15) is 0 Å². The number of hydrogen-bond donors (Lipinski definition) is 1. The maximum absolute atomic E-state index is 11.9. The van der Waals surface area contributed by atoms with Crippen LogP contribution >= 0.6 is 0 Å². The Morgan fingerprint density at radius 2 is 1.95 bits per heavy atom. The smallest absolute Gasteiger partial charge is 0.340 e. The fourth-order valence-electron chi connectivity index (χ4n) is 2.13. The number of benzene rings is 1. The number of ether oxygens (including phenoxy) is 1. The number of carbonyl (C=O) groups is 2. The molecule has 0 unspecified atom stereocenters. The highest BCUT2D eigenvalue weighted by Crippen LogP contribution is 2.24. The normalized spacial score (nSPS) is 16.6. The number of rotatable bonds is 3. The van der Waals surface area contributed by atoms with E-state index in [1.54, 1.807) is 13.0 Å². The molecule has 0 aliphatic carbocycles. The summed E-state index contributed by atoms with van der Waals surface area (Å²) in [5.41, 5.74) is 3.28. The molecular formula is C16H17NO3. The quantitative estimate of drug-likeness (QED) is 0.677. The second-order valence-electron chi connectivity index (χ2n) is 4.60. The molecule has 0 saturated carbocycles. The van der Waals surface area contributed by atoms with Gasteiger partial charge in [-0.1, -0.05) is 31.2 Å². The van der Waals surface area contributed by atoms with E-state index in [9.17, 15) is 9.59 Å². The molecule has 0 saturated heterocycles. The van der Waals surface area contributed by atoms with Crippen LogP contribution in [0.25, 0.3) is 6.08 Å². The van der Waals surface area contributed by atoms with Crippen molar-refractivity contribution >= 4 is 18.0 Å². The molecule has 0 aromatic heterocycles. The topological polar surface area (TPSA) is 55.4 Å². The van der Waals surface area contributed by atoms with E-state index in [1.165, 1.54) is 12.7 Å². The molecule has 1 aromatic rings. The number of methoxy groups -OCH3 is 1. The molecule has 4 heteroatoms. The van der Waals surface area contributed by atoms with Crippen LogP contribution in [-0.2, 0) is 20.7 Å². The lowest BCUT2D eigenvalue weighted by Gasteiger charge is -2.03. The first-order chi connectivity index (χ1) is 9.56. The molecule has 1 aliphatic rings. The predicted molar refractivity (Wildman–Crippen MR) is 76.7 cm³/mol. The van der Waals surface area contributed by atoms with Crippen molar-refractivity contribution < 1.29 is 14.3 Å². The van der Waals surface area contributed by atoms with Gasteiger partial charge in [0, 0.05) is 5.70 Å². The highest BCUT2D eigenvalue weighted by Gasteiger charge is 2.30. The monoisotopic (exact) mass is 271 g/mol. The van der Waals surface area contributed by atoms with Crippen molar-refractivity contribution in [1.29, 1.82) is 0 Å². The second kappa shape index (κ2) is 5.74. The number of amides is 1. The standard InChI is InChI=1S/C16H17NO3/c1-4-11-5-7-12(8-6-11)9-13-14(16(19)20-3)10(2)17-15(13)18/h5-9H,4H2,1-3H3,(H,17,18)/b13-9-. The Morgan fingerprint density at radius 1 is 1.30 bits per heavy atom. The van der Waals surface area contributed by atoms with Gasteiger partial charge in [0.2, 0.25) is 0 Å². The van der Waals surface area contributed by atoms with Crippen LogP contribution in [0, 0.1) is 0 Å². The lowest BCUT2D eigenvalue weighted by Crippen LogP contribution is -2.15. The summed E-state index contributed by atoms with van der Waals surface area (Å²) in [5, 5.41) is 2.65. The largest absolute Gasteiger partial charge is 0.465 e. The molecule has 0 spiro atoms. The zero-order valence-corrected chi connectivity index (χ0v) is 11.8. The molecule has 1 heterocycles. The van der Waals surface area contributed by atoms with E-state index in [0.29, 0.717) is 16.8 Å². The van der Waals surface area contributed by atoms with Crippen molar-refractivity contribution in [3.05, 3.63) is 52.2 Å². The summed E-state index contributed by atoms with van der Waals surface area (Å²) < 4.78 is 4.73. The first-order valence-corrected chi connectivity index (χ1v) is 6.48. The second-order valence-corrected chi connectivity index (χ2v) is 4.60. The van der Waals surface area contributed by atoms with Crippen molar-refractivity contribution in [2.24, 2.45) is 0 Å². The van der Waals surface area contributed by atoms with Crippen LogP contribution in [0.2, 0.25) is 0 Å². The Kier molecular flexibility index (Phi) is 4.03. The van der Waals surface area contributed by atoms with E-state index < -0.39 is 5.97 Å². The minimum atomic E-state index is -0.503. The molecule has 0 radical (unpaired) electrons. The summed E-state index contributed by atoms with van der Waals surface area (Å²) in [4.78, 5) is 23.7. The Morgan fingerprint density at radius 3 is 2.50 bits per heavy atom. The van der Waals surface area contributed by atoms with Crippen LogP contribution in [0.5, 0.6) is 0 Å². The number of esters is 1. The third kappa shape index (κ3) is 2.64. The number of hydrogen-bond acceptors (Lipinski definition) is 3. The molecule has 0 fully saturated rings. The molecule has 20 heavy (non-hydrogen) atoms. The summed E-state index contributed by atoms with van der Waals surface area (Å²) in [5.74, 6) is -0.778.